The van der Waals surface area contributed by atoms with Crippen LogP contribution in [0.3, 0.4) is 0 Å². The lowest BCUT2D eigenvalue weighted by molar-refractivity contribution is -0.135. The average molecular weight is 422 g/mol. The van der Waals surface area contributed by atoms with E-state index >= 15 is 0 Å². The fourth-order valence-corrected chi connectivity index (χ4v) is 3.52. The molecular weight excluding hydrogens is 392 g/mol. The fourth-order valence-electron chi connectivity index (χ4n) is 3.52. The molecule has 30 heavy (non-hydrogen) atoms. The van der Waals surface area contributed by atoms with Crippen LogP contribution in [0, 0.1) is 0 Å². The number of ether oxygens (including phenoxy) is 2. The zero-order valence-electron chi connectivity index (χ0n) is 17.6. The maximum atomic E-state index is 12.5. The minimum absolute atomic E-state index is 0.120. The lowest BCUT2D eigenvalue weighted by Gasteiger charge is -2.36. The number of hydrogen-bond acceptors (Lipinski definition) is 8. The molecule has 0 bridgehead atoms. The van der Waals surface area contributed by atoms with Crippen molar-refractivity contribution < 1.29 is 23.9 Å². The third-order valence-corrected chi connectivity index (χ3v) is 5.25. The second kappa shape index (κ2) is 10.5. The normalized spacial score (nSPS) is 18.3. The number of carbonyl (C=O) groups excluding carboxylic acids is 3. The molecular formula is C19H30N6O5. The number of anilines is 1. The lowest BCUT2D eigenvalue weighted by Crippen LogP contribution is -2.53. The van der Waals surface area contributed by atoms with E-state index in [4.69, 9.17) is 9.47 Å². The molecule has 2 amide bonds. The topological polar surface area (TPSA) is 109 Å². The molecule has 0 atom stereocenters. The van der Waals surface area contributed by atoms with E-state index in [-0.39, 0.29) is 30.5 Å². The average Bonchev–Trinajstić information content (AvgIpc) is 3.09. The first-order valence-corrected chi connectivity index (χ1v) is 10.3. The summed E-state index contributed by atoms with van der Waals surface area (Å²) in [6.07, 6.45) is 1.38. The van der Waals surface area contributed by atoms with Gasteiger partial charge in [0, 0.05) is 46.3 Å². The Kier molecular flexibility index (Phi) is 7.77. The molecule has 11 heteroatoms. The Hall–Kier alpha value is -2.50. The van der Waals surface area contributed by atoms with Crippen LogP contribution in [0.25, 0.3) is 0 Å². The second-order valence-electron chi connectivity index (χ2n) is 7.34. The van der Waals surface area contributed by atoms with Gasteiger partial charge in [0.1, 0.15) is 11.4 Å². The highest BCUT2D eigenvalue weighted by molar-refractivity contribution is 6.00. The van der Waals surface area contributed by atoms with Gasteiger partial charge in [0.2, 0.25) is 11.8 Å². The largest absolute Gasteiger partial charge is 0.462 e. The molecule has 1 aromatic heterocycles. The molecule has 2 aliphatic rings. The predicted octanol–water partition coefficient (Wildman–Crippen LogP) is -0.988. The highest BCUT2D eigenvalue weighted by atomic mass is 16.5. The summed E-state index contributed by atoms with van der Waals surface area (Å²) in [6, 6.07) is 0. The first kappa shape index (κ1) is 22.2. The van der Waals surface area contributed by atoms with Crippen molar-refractivity contribution in [3.05, 3.63) is 11.8 Å². The number of piperazine rings is 1. The van der Waals surface area contributed by atoms with Gasteiger partial charge < -0.3 is 19.7 Å². The van der Waals surface area contributed by atoms with Crippen molar-refractivity contribution in [1.29, 1.82) is 0 Å². The number of hydrogen-bond donors (Lipinski definition) is 1. The molecule has 0 spiro atoms. The van der Waals surface area contributed by atoms with Crippen molar-refractivity contribution in [1.82, 2.24) is 24.5 Å². The van der Waals surface area contributed by atoms with Crippen LogP contribution in [-0.4, -0.2) is 114 Å². The first-order valence-electron chi connectivity index (χ1n) is 10.3. The van der Waals surface area contributed by atoms with Gasteiger partial charge in [0.15, 0.2) is 0 Å². The molecule has 1 N–H and O–H groups in total. The molecule has 166 valence electrons. The summed E-state index contributed by atoms with van der Waals surface area (Å²) in [5, 5.41) is 6.78. The number of aromatic nitrogens is 2. The van der Waals surface area contributed by atoms with Gasteiger partial charge in [-0.2, -0.15) is 5.10 Å². The molecule has 2 fully saturated rings. The number of nitrogens with one attached hydrogen (secondary N) is 1. The van der Waals surface area contributed by atoms with Gasteiger partial charge in [-0.15, -0.1) is 0 Å². The van der Waals surface area contributed by atoms with E-state index < -0.39 is 5.97 Å². The van der Waals surface area contributed by atoms with Crippen LogP contribution in [0.2, 0.25) is 0 Å². The highest BCUT2D eigenvalue weighted by Crippen LogP contribution is 2.15. The molecule has 0 unspecified atom stereocenters. The summed E-state index contributed by atoms with van der Waals surface area (Å²) < 4.78 is 11.8. The van der Waals surface area contributed by atoms with Crippen molar-refractivity contribution in [2.75, 3.05) is 77.5 Å². The molecule has 3 rings (SSSR count). The monoisotopic (exact) mass is 422 g/mol. The molecule has 0 aromatic carbocycles. The van der Waals surface area contributed by atoms with Crippen LogP contribution < -0.4 is 5.32 Å². The Morgan fingerprint density at radius 2 is 1.73 bits per heavy atom. The molecule has 2 saturated heterocycles. The summed E-state index contributed by atoms with van der Waals surface area (Å²) in [4.78, 5) is 43.0. The summed E-state index contributed by atoms with van der Waals surface area (Å²) in [7, 11) is 1.65. The Morgan fingerprint density at radius 1 is 1.07 bits per heavy atom. The van der Waals surface area contributed by atoms with Gasteiger partial charge in [0.05, 0.1) is 39.1 Å². The molecule has 0 saturated carbocycles. The SMILES string of the molecule is CCOC(=O)c1cnn(C)c1NC(=O)CN1CCN(C(=O)CN2CCOCC2)CC1. The molecule has 11 nitrogen and oxygen atoms in total. The Morgan fingerprint density at radius 3 is 2.40 bits per heavy atom. The Bertz CT molecular complexity index is 753. The van der Waals surface area contributed by atoms with E-state index in [1.807, 2.05) is 9.80 Å². The van der Waals surface area contributed by atoms with Gasteiger partial charge >= 0.3 is 5.97 Å². The summed E-state index contributed by atoms with van der Waals surface area (Å²) in [5.74, 6) is -0.321. The van der Waals surface area contributed by atoms with Gasteiger partial charge in [-0.3, -0.25) is 24.1 Å². The summed E-state index contributed by atoms with van der Waals surface area (Å²) >= 11 is 0. The van der Waals surface area contributed by atoms with E-state index in [0.717, 1.165) is 13.1 Å². The van der Waals surface area contributed by atoms with Crippen LogP contribution in [0.1, 0.15) is 17.3 Å². The number of esters is 1. The van der Waals surface area contributed by atoms with Gasteiger partial charge in [-0.05, 0) is 6.92 Å². The Labute approximate surface area is 175 Å². The number of rotatable bonds is 7. The maximum Gasteiger partial charge on any atom is 0.343 e. The van der Waals surface area contributed by atoms with Crippen molar-refractivity contribution in [2.24, 2.45) is 7.05 Å². The quantitative estimate of drug-likeness (QED) is 0.558. The number of aryl methyl sites for hydroxylation is 1. The smallest absolute Gasteiger partial charge is 0.343 e. The van der Waals surface area contributed by atoms with E-state index in [1.165, 1.54) is 10.9 Å². The third-order valence-electron chi connectivity index (χ3n) is 5.25. The van der Waals surface area contributed by atoms with Crippen LogP contribution >= 0.6 is 0 Å². The van der Waals surface area contributed by atoms with E-state index in [1.54, 1.807) is 14.0 Å². The van der Waals surface area contributed by atoms with Gasteiger partial charge in [0.25, 0.3) is 0 Å². The van der Waals surface area contributed by atoms with Crippen LogP contribution in [0.5, 0.6) is 0 Å². The first-order chi connectivity index (χ1) is 14.5. The number of nitrogens with zero attached hydrogens (tertiary/aromatic N) is 5. The maximum absolute atomic E-state index is 12.5. The van der Waals surface area contributed by atoms with Crippen molar-refractivity contribution in [3.8, 4) is 0 Å². The molecule has 1 aromatic rings. The third kappa shape index (κ3) is 5.77. The standard InChI is InChI=1S/C19H30N6O5/c1-3-30-19(28)15-12-20-22(2)18(15)21-16(26)13-23-4-6-25(7-5-23)17(27)14-24-8-10-29-11-9-24/h12H,3-11,13-14H2,1-2H3,(H,21,26). The van der Waals surface area contributed by atoms with Crippen LogP contribution in [0.15, 0.2) is 6.20 Å². The van der Waals surface area contributed by atoms with E-state index in [9.17, 15) is 14.4 Å². The summed E-state index contributed by atoms with van der Waals surface area (Å²) in [6.45, 7) is 7.91. The number of amides is 2. The van der Waals surface area contributed by atoms with Crippen molar-refractivity contribution >= 4 is 23.6 Å². The van der Waals surface area contributed by atoms with Crippen LogP contribution in [-0.2, 0) is 26.1 Å². The summed E-state index contributed by atoms with van der Waals surface area (Å²) in [5.41, 5.74) is 0.228. The zero-order valence-corrected chi connectivity index (χ0v) is 17.6. The minimum Gasteiger partial charge on any atom is -0.462 e. The van der Waals surface area contributed by atoms with Crippen molar-refractivity contribution in [3.63, 3.8) is 0 Å². The predicted molar refractivity (Wildman–Crippen MR) is 108 cm³/mol. The van der Waals surface area contributed by atoms with Crippen LogP contribution in [0.4, 0.5) is 5.82 Å². The fraction of sp³-hybridized carbons (Fsp3) is 0.684. The number of morpholine rings is 1. The van der Waals surface area contributed by atoms with Crippen molar-refractivity contribution in [2.45, 2.75) is 6.92 Å². The molecule has 2 aliphatic heterocycles. The minimum atomic E-state index is -0.520. The lowest BCUT2D eigenvalue weighted by atomic mass is 10.3. The Balaban J connectivity index is 1.45. The van der Waals surface area contributed by atoms with Gasteiger partial charge in [-0.25, -0.2) is 4.79 Å². The molecule has 3 heterocycles. The zero-order chi connectivity index (χ0) is 21.5. The van der Waals surface area contributed by atoms with E-state index in [0.29, 0.717) is 51.8 Å². The number of carbonyl (C=O) groups is 3. The highest BCUT2D eigenvalue weighted by Gasteiger charge is 2.25. The molecule has 0 aliphatic carbocycles. The molecule has 0 radical (unpaired) electrons. The van der Waals surface area contributed by atoms with Gasteiger partial charge in [-0.1, -0.05) is 0 Å². The van der Waals surface area contributed by atoms with E-state index in [2.05, 4.69) is 15.3 Å². The second-order valence-corrected chi connectivity index (χ2v) is 7.34.